The topological polar surface area (TPSA) is 168 Å². The molecule has 2 aromatic rings. The predicted molar refractivity (Wildman–Crippen MR) is 161 cm³/mol. The van der Waals surface area contributed by atoms with E-state index in [1.165, 1.54) is 24.3 Å². The summed E-state index contributed by atoms with van der Waals surface area (Å²) in [6.07, 6.45) is 7.48. The fourth-order valence-electron chi connectivity index (χ4n) is 2.79. The molecule has 11 heteroatoms. The van der Waals surface area contributed by atoms with Crippen LogP contribution in [0.3, 0.4) is 0 Å². The number of unbranched alkanes of at least 4 members (excludes halogenated alkanes) is 4. The molecule has 0 aromatic heterocycles. The Balaban J connectivity index is -0.000000558. The number of ether oxygens (including phenoxy) is 2. The van der Waals surface area contributed by atoms with E-state index in [-0.39, 0.29) is 44.0 Å². The summed E-state index contributed by atoms with van der Waals surface area (Å²) in [7, 11) is 0. The Bertz CT molecular complexity index is 941. The number of aromatic carboxylic acids is 2. The SMILES string of the molecule is CCCCO.CCCCO.CCCCOC(=O)c1ccccc1C(=O)O.CCCCOC(=O)c1ccccc1C(=O)O.[Ti]. The zero-order valence-electron chi connectivity index (χ0n) is 25.8. The Morgan fingerprint density at radius 3 is 1.02 bits per heavy atom. The zero-order chi connectivity index (χ0) is 32.2. The van der Waals surface area contributed by atoms with Crippen LogP contribution in [0.2, 0.25) is 0 Å². The van der Waals surface area contributed by atoms with Crippen molar-refractivity contribution >= 4 is 23.9 Å². The molecule has 0 bridgehead atoms. The van der Waals surface area contributed by atoms with Gasteiger partial charge in [-0.05, 0) is 49.9 Å². The summed E-state index contributed by atoms with van der Waals surface area (Å²) in [5.41, 5.74) is 0.158. The molecule has 0 heterocycles. The van der Waals surface area contributed by atoms with Gasteiger partial charge in [0.05, 0.1) is 35.5 Å². The summed E-state index contributed by atoms with van der Waals surface area (Å²) in [6, 6.07) is 12.1. The number of benzene rings is 2. The minimum Gasteiger partial charge on any atom is -0.478 e. The predicted octanol–water partition coefficient (Wildman–Crippen LogP) is 6.24. The van der Waals surface area contributed by atoms with Crippen molar-refractivity contribution in [1.29, 1.82) is 0 Å². The number of hydrogen-bond donors (Lipinski definition) is 4. The van der Waals surface area contributed by atoms with Crippen LogP contribution in [0, 0.1) is 0 Å². The Kier molecular flexibility index (Phi) is 31.4. The Labute approximate surface area is 270 Å². The Morgan fingerprint density at radius 1 is 0.535 bits per heavy atom. The first-order chi connectivity index (χ1) is 20.2. The largest absolute Gasteiger partial charge is 0.478 e. The minimum atomic E-state index is -1.12. The molecule has 0 amide bonds. The summed E-state index contributed by atoms with van der Waals surface area (Å²) in [5.74, 6) is -3.40. The maximum Gasteiger partial charge on any atom is 0.339 e. The van der Waals surface area contributed by atoms with Crippen LogP contribution >= 0.6 is 0 Å². The molecule has 4 N–H and O–H groups in total. The van der Waals surface area contributed by atoms with Gasteiger partial charge in [-0.2, -0.15) is 0 Å². The molecule has 0 spiro atoms. The molecule has 0 aliphatic heterocycles. The van der Waals surface area contributed by atoms with Gasteiger partial charge in [-0.15, -0.1) is 0 Å². The van der Waals surface area contributed by atoms with E-state index < -0.39 is 23.9 Å². The Hall–Kier alpha value is -3.05. The van der Waals surface area contributed by atoms with Crippen LogP contribution in [-0.4, -0.2) is 70.7 Å². The standard InChI is InChI=1S/2C12H14O4.2C4H10O.Ti/c2*1-2-3-8-16-12(15)10-7-5-4-6-9(10)11(13)14;2*1-2-3-4-5;/h2*4-7H,2-3,8H2,1H3,(H,13,14);2*5H,2-4H2,1H3;. The molecule has 0 aliphatic carbocycles. The van der Waals surface area contributed by atoms with Gasteiger partial charge >= 0.3 is 23.9 Å². The van der Waals surface area contributed by atoms with Crippen molar-refractivity contribution in [3.8, 4) is 0 Å². The molecule has 2 aromatic carbocycles. The van der Waals surface area contributed by atoms with Crippen molar-refractivity contribution in [1.82, 2.24) is 0 Å². The van der Waals surface area contributed by atoms with Crippen LogP contribution in [0.25, 0.3) is 0 Å². The van der Waals surface area contributed by atoms with Crippen molar-refractivity contribution in [2.45, 2.75) is 79.1 Å². The minimum absolute atomic E-state index is 0. The first-order valence-electron chi connectivity index (χ1n) is 14.4. The number of rotatable bonds is 14. The third kappa shape index (κ3) is 22.2. The van der Waals surface area contributed by atoms with Crippen molar-refractivity contribution in [3.05, 3.63) is 70.8 Å². The van der Waals surface area contributed by atoms with E-state index in [1.807, 2.05) is 13.8 Å². The Morgan fingerprint density at radius 2 is 0.814 bits per heavy atom. The summed E-state index contributed by atoms with van der Waals surface area (Å²) >= 11 is 0. The van der Waals surface area contributed by atoms with E-state index in [9.17, 15) is 19.2 Å². The molecule has 2 rings (SSSR count). The molecule has 10 nitrogen and oxygen atoms in total. The number of carbonyl (C=O) groups excluding carboxylic acids is 2. The smallest absolute Gasteiger partial charge is 0.339 e. The first kappa shape index (κ1) is 44.4. The van der Waals surface area contributed by atoms with Gasteiger partial charge in [0.1, 0.15) is 0 Å². The third-order valence-electron chi connectivity index (χ3n) is 5.24. The number of aliphatic hydroxyl groups excluding tert-OH is 2. The normalized spacial score (nSPS) is 9.26. The summed E-state index contributed by atoms with van der Waals surface area (Å²) in [4.78, 5) is 44.8. The molecule has 0 unspecified atom stereocenters. The monoisotopic (exact) mass is 640 g/mol. The maximum atomic E-state index is 11.6. The van der Waals surface area contributed by atoms with Crippen LogP contribution < -0.4 is 0 Å². The fraction of sp³-hybridized carbons (Fsp3) is 0.500. The van der Waals surface area contributed by atoms with Gasteiger partial charge in [0, 0.05) is 34.9 Å². The number of carboxylic acid groups (broad SMARTS) is 2. The molecular weight excluding hydrogens is 592 g/mol. The van der Waals surface area contributed by atoms with Crippen LogP contribution in [0.1, 0.15) is 120 Å². The second kappa shape index (κ2) is 30.4. The molecule has 43 heavy (non-hydrogen) atoms. The van der Waals surface area contributed by atoms with Gasteiger partial charge in [0.15, 0.2) is 0 Å². The number of carbonyl (C=O) groups is 4. The van der Waals surface area contributed by atoms with E-state index in [2.05, 4.69) is 13.8 Å². The molecule has 0 saturated carbocycles. The fourth-order valence-corrected chi connectivity index (χ4v) is 2.79. The summed E-state index contributed by atoms with van der Waals surface area (Å²) in [5, 5.41) is 33.9. The summed E-state index contributed by atoms with van der Waals surface area (Å²) in [6.45, 7) is 9.41. The molecule has 0 radical (unpaired) electrons. The van der Waals surface area contributed by atoms with Crippen LogP contribution in [0.5, 0.6) is 0 Å². The van der Waals surface area contributed by atoms with Gasteiger partial charge in [-0.3, -0.25) is 0 Å². The second-order valence-corrected chi connectivity index (χ2v) is 8.83. The van der Waals surface area contributed by atoms with Crippen molar-refractivity contribution in [2.75, 3.05) is 26.4 Å². The van der Waals surface area contributed by atoms with E-state index >= 15 is 0 Å². The number of hydrogen-bond acceptors (Lipinski definition) is 8. The van der Waals surface area contributed by atoms with Crippen molar-refractivity contribution < 1.29 is 70.8 Å². The molecular formula is C32H48O10Ti. The molecule has 0 atom stereocenters. The summed E-state index contributed by atoms with van der Waals surface area (Å²) < 4.78 is 9.91. The van der Waals surface area contributed by atoms with Gasteiger partial charge < -0.3 is 29.9 Å². The van der Waals surface area contributed by atoms with Crippen LogP contribution in [0.15, 0.2) is 48.5 Å². The average molecular weight is 641 g/mol. The van der Waals surface area contributed by atoms with Crippen molar-refractivity contribution in [3.63, 3.8) is 0 Å². The van der Waals surface area contributed by atoms with Gasteiger partial charge in [-0.1, -0.05) is 77.6 Å². The molecule has 240 valence electrons. The number of aliphatic hydroxyl groups is 2. The quantitative estimate of drug-likeness (QED) is 0.105. The van der Waals surface area contributed by atoms with Crippen LogP contribution in [-0.2, 0) is 31.2 Å². The molecule has 0 fully saturated rings. The number of carboxylic acids is 2. The van der Waals surface area contributed by atoms with Gasteiger partial charge in [0.25, 0.3) is 0 Å². The maximum absolute atomic E-state index is 11.6. The van der Waals surface area contributed by atoms with E-state index in [0.29, 0.717) is 26.4 Å². The molecule has 0 aliphatic rings. The first-order valence-corrected chi connectivity index (χ1v) is 14.4. The van der Waals surface area contributed by atoms with Gasteiger partial charge in [0.2, 0.25) is 0 Å². The second-order valence-electron chi connectivity index (χ2n) is 8.83. The van der Waals surface area contributed by atoms with E-state index in [4.69, 9.17) is 29.9 Å². The average Bonchev–Trinajstić information content (AvgIpc) is 2.99. The van der Waals surface area contributed by atoms with E-state index in [0.717, 1.165) is 51.4 Å². The molecule has 0 saturated heterocycles. The van der Waals surface area contributed by atoms with Crippen molar-refractivity contribution in [2.24, 2.45) is 0 Å². The number of esters is 2. The van der Waals surface area contributed by atoms with E-state index in [1.54, 1.807) is 24.3 Å². The third-order valence-corrected chi connectivity index (χ3v) is 5.24. The zero-order valence-corrected chi connectivity index (χ0v) is 27.4. The van der Waals surface area contributed by atoms with Gasteiger partial charge in [-0.25, -0.2) is 19.2 Å². The van der Waals surface area contributed by atoms with Crippen LogP contribution in [0.4, 0.5) is 0 Å².